The maximum absolute atomic E-state index is 10.2. The van der Waals surface area contributed by atoms with E-state index in [4.69, 9.17) is 12.2 Å². The number of rotatable bonds is 4. The molecule has 0 aliphatic heterocycles. The van der Waals surface area contributed by atoms with Crippen LogP contribution in [0.2, 0.25) is 0 Å². The molecule has 23 heavy (non-hydrogen) atoms. The number of aromatic amines is 1. The van der Waals surface area contributed by atoms with E-state index in [0.29, 0.717) is 16.2 Å². The third-order valence-electron chi connectivity index (χ3n) is 3.60. The molecule has 6 heteroatoms. The van der Waals surface area contributed by atoms with Crippen molar-refractivity contribution in [3.05, 3.63) is 70.2 Å². The lowest BCUT2D eigenvalue weighted by Gasteiger charge is -2.13. The van der Waals surface area contributed by atoms with E-state index in [0.717, 1.165) is 16.8 Å². The molecule has 0 aliphatic rings. The molecule has 0 radical (unpaired) electrons. The Hall–Kier alpha value is -2.60. The fraction of sp³-hybridized carbons (Fsp3) is 0.176. The zero-order chi connectivity index (χ0) is 17.1. The van der Waals surface area contributed by atoms with Crippen molar-refractivity contribution in [3.8, 4) is 5.69 Å². The first kappa shape index (κ1) is 16.8. The predicted molar refractivity (Wildman–Crippen MR) is 94.4 cm³/mol. The van der Waals surface area contributed by atoms with E-state index < -0.39 is 0 Å². The van der Waals surface area contributed by atoms with Gasteiger partial charge in [-0.1, -0.05) is 24.8 Å². The lowest BCUT2D eigenvalue weighted by Crippen LogP contribution is -2.05. The van der Waals surface area contributed by atoms with Crippen LogP contribution in [0.25, 0.3) is 11.3 Å². The summed E-state index contributed by atoms with van der Waals surface area (Å²) in [6.07, 6.45) is 2.86. The van der Waals surface area contributed by atoms with Gasteiger partial charge in [-0.25, -0.2) is 0 Å². The van der Waals surface area contributed by atoms with Gasteiger partial charge in [0.2, 0.25) is 0 Å². The van der Waals surface area contributed by atoms with Gasteiger partial charge in [0.1, 0.15) is 11.5 Å². The number of aryl methyl sites for hydroxylation is 1. The highest BCUT2D eigenvalue weighted by atomic mass is 32.1. The number of H-pyrrole nitrogens is 1. The van der Waals surface area contributed by atoms with Crippen molar-refractivity contribution >= 4 is 17.8 Å². The number of hydrogen-bond donors (Lipinski definition) is 3. The van der Waals surface area contributed by atoms with Crippen LogP contribution in [0.15, 0.2) is 48.4 Å². The summed E-state index contributed by atoms with van der Waals surface area (Å²) in [4.78, 5) is 0. The van der Waals surface area contributed by atoms with E-state index in [-0.39, 0.29) is 11.5 Å². The topological polar surface area (TPSA) is 74.1 Å². The second kappa shape index (κ2) is 6.66. The Morgan fingerprint density at radius 3 is 2.65 bits per heavy atom. The minimum Gasteiger partial charge on any atom is -0.508 e. The summed E-state index contributed by atoms with van der Waals surface area (Å²) in [6, 6.07) is 5.90. The summed E-state index contributed by atoms with van der Waals surface area (Å²) in [5.41, 5.74) is 3.51. The zero-order valence-corrected chi connectivity index (χ0v) is 14.1. The van der Waals surface area contributed by atoms with E-state index in [2.05, 4.69) is 16.8 Å². The van der Waals surface area contributed by atoms with Crippen molar-refractivity contribution in [3.63, 3.8) is 0 Å². The van der Waals surface area contributed by atoms with E-state index in [1.807, 2.05) is 32.0 Å². The van der Waals surface area contributed by atoms with Crippen LogP contribution in [0.1, 0.15) is 23.9 Å². The molecule has 5 nitrogen and oxygen atoms in total. The molecule has 0 saturated heterocycles. The van der Waals surface area contributed by atoms with Gasteiger partial charge in [-0.3, -0.25) is 9.67 Å². The molecule has 120 valence electrons. The Labute approximate surface area is 139 Å². The predicted octanol–water partition coefficient (Wildman–Crippen LogP) is 4.46. The minimum absolute atomic E-state index is 0.138. The number of allylic oxidation sites excluding steroid dienone is 3. The average Bonchev–Trinajstić information content (AvgIpc) is 2.84. The van der Waals surface area contributed by atoms with Crippen molar-refractivity contribution in [2.45, 2.75) is 20.8 Å². The average molecular weight is 329 g/mol. The molecule has 2 rings (SSSR count). The first-order chi connectivity index (χ1) is 10.9. The summed E-state index contributed by atoms with van der Waals surface area (Å²) >= 11 is 5.35. The summed E-state index contributed by atoms with van der Waals surface area (Å²) in [6.45, 7) is 9.15. The molecule has 0 unspecified atom stereocenters. The Bertz CT molecular complexity index is 872. The van der Waals surface area contributed by atoms with Gasteiger partial charge in [0.05, 0.1) is 11.3 Å². The molecule has 0 spiro atoms. The minimum atomic E-state index is -0.241. The smallest absolute Gasteiger partial charge is 0.200 e. The summed E-state index contributed by atoms with van der Waals surface area (Å²) < 4.78 is 2.18. The van der Waals surface area contributed by atoms with E-state index >= 15 is 0 Å². The van der Waals surface area contributed by atoms with Gasteiger partial charge in [0, 0.05) is 6.08 Å². The summed E-state index contributed by atoms with van der Waals surface area (Å²) in [5.74, 6) is 0.0797. The molecule has 1 aromatic heterocycles. The molecule has 1 aromatic carbocycles. The molecule has 0 saturated carbocycles. The van der Waals surface area contributed by atoms with Gasteiger partial charge in [-0.15, -0.1) is 0 Å². The lowest BCUT2D eigenvalue weighted by atomic mass is 10.1. The van der Waals surface area contributed by atoms with Crippen LogP contribution in [0, 0.1) is 18.6 Å². The zero-order valence-electron chi connectivity index (χ0n) is 13.3. The van der Waals surface area contributed by atoms with Gasteiger partial charge in [-0.2, -0.15) is 5.10 Å². The Kier molecular flexibility index (Phi) is 4.86. The second-order valence-corrected chi connectivity index (χ2v) is 5.52. The maximum atomic E-state index is 10.2. The first-order valence-electron chi connectivity index (χ1n) is 7.06. The van der Waals surface area contributed by atoms with E-state index in [9.17, 15) is 10.2 Å². The number of aromatic nitrogens is 3. The molecule has 0 atom stereocenters. The molecule has 0 bridgehead atoms. The fourth-order valence-electron chi connectivity index (χ4n) is 2.31. The quantitative estimate of drug-likeness (QED) is 0.440. The highest BCUT2D eigenvalue weighted by molar-refractivity contribution is 7.71. The number of benzene rings is 1. The standard InChI is InChI=1S/C17H19N3O2S/c1-5-13(15(22)9-11(3)21)16-18-19-17(23)20(16)14-8-6-7-10(2)12(14)4/h5-9,21-22H,3H2,1-2,4H3,(H,19,23)/b13-5+,15-9+. The van der Waals surface area contributed by atoms with Crippen LogP contribution in [-0.2, 0) is 0 Å². The van der Waals surface area contributed by atoms with E-state index in [1.54, 1.807) is 17.6 Å². The van der Waals surface area contributed by atoms with Gasteiger partial charge in [0.25, 0.3) is 0 Å². The second-order valence-electron chi connectivity index (χ2n) is 5.13. The molecule has 2 aromatic rings. The van der Waals surface area contributed by atoms with Crippen LogP contribution in [-0.4, -0.2) is 25.0 Å². The van der Waals surface area contributed by atoms with E-state index in [1.165, 1.54) is 6.08 Å². The Morgan fingerprint density at radius 2 is 2.04 bits per heavy atom. The number of aliphatic hydroxyl groups excluding tert-OH is 2. The number of hydrogen-bond acceptors (Lipinski definition) is 4. The maximum Gasteiger partial charge on any atom is 0.200 e. The molecule has 0 aliphatic carbocycles. The number of aliphatic hydroxyl groups is 2. The number of nitrogens with zero attached hydrogens (tertiary/aromatic N) is 2. The normalized spacial score (nSPS) is 12.5. The van der Waals surface area contributed by atoms with Gasteiger partial charge >= 0.3 is 0 Å². The summed E-state index contributed by atoms with van der Waals surface area (Å²) in [7, 11) is 0. The fourth-order valence-corrected chi connectivity index (χ4v) is 2.54. The molecule has 1 heterocycles. The monoisotopic (exact) mass is 329 g/mol. The van der Waals surface area contributed by atoms with Crippen LogP contribution >= 0.6 is 12.2 Å². The highest BCUT2D eigenvalue weighted by Gasteiger charge is 2.17. The number of nitrogens with one attached hydrogen (secondary N) is 1. The lowest BCUT2D eigenvalue weighted by molar-refractivity contribution is 0.408. The molecule has 0 fully saturated rings. The summed E-state index contributed by atoms with van der Waals surface area (Å²) in [5, 5.41) is 26.5. The van der Waals surface area contributed by atoms with Gasteiger partial charge in [0.15, 0.2) is 10.6 Å². The largest absolute Gasteiger partial charge is 0.508 e. The van der Waals surface area contributed by atoms with Crippen molar-refractivity contribution in [2.24, 2.45) is 0 Å². The van der Waals surface area contributed by atoms with Crippen molar-refractivity contribution in [2.75, 3.05) is 0 Å². The van der Waals surface area contributed by atoms with Crippen molar-refractivity contribution in [1.82, 2.24) is 14.8 Å². The van der Waals surface area contributed by atoms with Gasteiger partial charge < -0.3 is 10.2 Å². The van der Waals surface area contributed by atoms with Crippen LogP contribution in [0.5, 0.6) is 0 Å². The molecular weight excluding hydrogens is 310 g/mol. The van der Waals surface area contributed by atoms with Crippen molar-refractivity contribution < 1.29 is 10.2 Å². The third kappa shape index (κ3) is 3.27. The molecular formula is C17H19N3O2S. The Morgan fingerprint density at radius 1 is 1.35 bits per heavy atom. The van der Waals surface area contributed by atoms with Crippen LogP contribution < -0.4 is 0 Å². The molecule has 0 amide bonds. The SMILES string of the molecule is C=C(O)/C=C(O)\C(=C/C)c1n[nH]c(=S)n1-c1cccc(C)c1C. The van der Waals surface area contributed by atoms with Crippen LogP contribution in [0.3, 0.4) is 0 Å². The highest BCUT2D eigenvalue weighted by Crippen LogP contribution is 2.26. The Balaban J connectivity index is 2.71. The molecule has 3 N–H and O–H groups in total. The third-order valence-corrected chi connectivity index (χ3v) is 3.87. The van der Waals surface area contributed by atoms with Crippen molar-refractivity contribution in [1.29, 1.82) is 0 Å². The first-order valence-corrected chi connectivity index (χ1v) is 7.47. The van der Waals surface area contributed by atoms with Crippen LogP contribution in [0.4, 0.5) is 0 Å². The van der Waals surface area contributed by atoms with Gasteiger partial charge in [-0.05, 0) is 50.2 Å².